The van der Waals surface area contributed by atoms with Crippen LogP contribution in [0.3, 0.4) is 0 Å². The number of thiophene rings is 1. The number of rotatable bonds is 6. The Morgan fingerprint density at radius 1 is 1.24 bits per heavy atom. The van der Waals surface area contributed by atoms with Crippen LogP contribution in [0.2, 0.25) is 0 Å². The van der Waals surface area contributed by atoms with Gasteiger partial charge in [-0.3, -0.25) is 9.59 Å². The van der Waals surface area contributed by atoms with Gasteiger partial charge in [0.15, 0.2) is 0 Å². The van der Waals surface area contributed by atoms with Crippen molar-refractivity contribution in [3.63, 3.8) is 0 Å². The molecule has 132 valence electrons. The van der Waals surface area contributed by atoms with E-state index in [1.807, 2.05) is 0 Å². The number of amides is 2. The number of halogens is 2. The van der Waals surface area contributed by atoms with Crippen LogP contribution in [-0.2, 0) is 11.2 Å². The SMILES string of the molecule is Cc1cc(NC(=O)C2CC2)sc1C(=O)NCCc1c(F)cccc1F. The van der Waals surface area contributed by atoms with E-state index in [4.69, 9.17) is 0 Å². The molecule has 0 saturated heterocycles. The largest absolute Gasteiger partial charge is 0.351 e. The summed E-state index contributed by atoms with van der Waals surface area (Å²) in [5.41, 5.74) is 0.716. The first-order valence-electron chi connectivity index (χ1n) is 8.08. The van der Waals surface area contributed by atoms with Gasteiger partial charge in [0.1, 0.15) is 11.6 Å². The maximum atomic E-state index is 13.6. The summed E-state index contributed by atoms with van der Waals surface area (Å²) < 4.78 is 27.1. The number of aryl methyl sites for hydroxylation is 1. The predicted molar refractivity (Wildman–Crippen MR) is 92.8 cm³/mol. The molecule has 2 aromatic rings. The molecule has 0 unspecified atom stereocenters. The van der Waals surface area contributed by atoms with E-state index in [-0.39, 0.29) is 36.3 Å². The number of anilines is 1. The van der Waals surface area contributed by atoms with Crippen molar-refractivity contribution in [1.82, 2.24) is 5.32 Å². The molecule has 0 aliphatic heterocycles. The van der Waals surface area contributed by atoms with Crippen LogP contribution >= 0.6 is 11.3 Å². The highest BCUT2D eigenvalue weighted by Gasteiger charge is 2.30. The van der Waals surface area contributed by atoms with E-state index in [1.165, 1.54) is 29.5 Å². The fourth-order valence-corrected chi connectivity index (χ4v) is 3.48. The molecule has 25 heavy (non-hydrogen) atoms. The van der Waals surface area contributed by atoms with Crippen LogP contribution in [0.1, 0.15) is 33.6 Å². The maximum absolute atomic E-state index is 13.6. The first-order valence-corrected chi connectivity index (χ1v) is 8.89. The van der Waals surface area contributed by atoms with Gasteiger partial charge in [-0.25, -0.2) is 8.78 Å². The molecule has 1 aromatic carbocycles. The highest BCUT2D eigenvalue weighted by atomic mass is 32.1. The predicted octanol–water partition coefficient (Wildman–Crippen LogP) is 3.66. The minimum absolute atomic E-state index is 0.0109. The number of nitrogens with one attached hydrogen (secondary N) is 2. The van der Waals surface area contributed by atoms with Gasteiger partial charge in [0, 0.05) is 18.0 Å². The topological polar surface area (TPSA) is 58.2 Å². The molecule has 1 saturated carbocycles. The van der Waals surface area contributed by atoms with Crippen LogP contribution in [0.4, 0.5) is 13.8 Å². The normalized spacial score (nSPS) is 13.6. The third-order valence-corrected chi connectivity index (χ3v) is 5.19. The van der Waals surface area contributed by atoms with E-state index in [0.717, 1.165) is 18.4 Å². The summed E-state index contributed by atoms with van der Waals surface area (Å²) >= 11 is 1.20. The third kappa shape index (κ3) is 4.22. The number of benzene rings is 1. The van der Waals surface area contributed by atoms with E-state index in [1.54, 1.807) is 13.0 Å². The Labute approximate surface area is 148 Å². The summed E-state index contributed by atoms with van der Waals surface area (Å²) in [6, 6.07) is 5.45. The van der Waals surface area contributed by atoms with E-state index < -0.39 is 11.6 Å². The van der Waals surface area contributed by atoms with Gasteiger partial charge in [-0.1, -0.05) is 6.07 Å². The van der Waals surface area contributed by atoms with Gasteiger partial charge in [0.25, 0.3) is 5.91 Å². The zero-order valence-corrected chi connectivity index (χ0v) is 14.5. The number of hydrogen-bond donors (Lipinski definition) is 2. The van der Waals surface area contributed by atoms with Crippen LogP contribution in [0.5, 0.6) is 0 Å². The lowest BCUT2D eigenvalue weighted by Crippen LogP contribution is -2.26. The average molecular weight is 364 g/mol. The lowest BCUT2D eigenvalue weighted by atomic mass is 10.1. The summed E-state index contributed by atoms with van der Waals surface area (Å²) in [6.07, 6.45) is 1.90. The van der Waals surface area contributed by atoms with Crippen LogP contribution < -0.4 is 10.6 Å². The highest BCUT2D eigenvalue weighted by molar-refractivity contribution is 7.18. The van der Waals surface area contributed by atoms with Gasteiger partial charge in [-0.05, 0) is 49.9 Å². The smallest absolute Gasteiger partial charge is 0.261 e. The molecule has 0 spiro atoms. The van der Waals surface area contributed by atoms with Crippen LogP contribution in [0, 0.1) is 24.5 Å². The molecule has 7 heteroatoms. The Morgan fingerprint density at radius 2 is 1.92 bits per heavy atom. The molecule has 4 nitrogen and oxygen atoms in total. The van der Waals surface area contributed by atoms with E-state index >= 15 is 0 Å². The molecule has 1 aliphatic rings. The lowest BCUT2D eigenvalue weighted by molar-refractivity contribution is -0.117. The molecular formula is C18H18F2N2O2S. The van der Waals surface area contributed by atoms with Crippen molar-refractivity contribution >= 4 is 28.2 Å². The molecule has 0 bridgehead atoms. The second kappa shape index (κ2) is 7.31. The Hall–Kier alpha value is -2.28. The summed E-state index contributed by atoms with van der Waals surface area (Å²) in [5, 5.41) is 6.13. The van der Waals surface area contributed by atoms with E-state index in [9.17, 15) is 18.4 Å². The lowest BCUT2D eigenvalue weighted by Gasteiger charge is -2.06. The van der Waals surface area contributed by atoms with Crippen molar-refractivity contribution in [1.29, 1.82) is 0 Å². The van der Waals surface area contributed by atoms with Gasteiger partial charge in [-0.2, -0.15) is 0 Å². The standard InChI is InChI=1S/C18H18F2N2O2S/c1-10-9-15(22-17(23)11-5-6-11)25-16(10)18(24)21-8-7-12-13(19)3-2-4-14(12)20/h2-4,9,11H,5-8H2,1H3,(H,21,24)(H,22,23). The van der Waals surface area contributed by atoms with Gasteiger partial charge in [-0.15, -0.1) is 11.3 Å². The van der Waals surface area contributed by atoms with Crippen molar-refractivity contribution in [2.45, 2.75) is 26.2 Å². The van der Waals surface area contributed by atoms with Crippen molar-refractivity contribution in [3.8, 4) is 0 Å². The molecule has 2 N–H and O–H groups in total. The zero-order valence-electron chi connectivity index (χ0n) is 13.7. The van der Waals surface area contributed by atoms with Crippen molar-refractivity contribution in [2.75, 3.05) is 11.9 Å². The monoisotopic (exact) mass is 364 g/mol. The van der Waals surface area contributed by atoms with Gasteiger partial charge in [0.05, 0.1) is 9.88 Å². The minimum Gasteiger partial charge on any atom is -0.351 e. The van der Waals surface area contributed by atoms with Crippen molar-refractivity contribution < 1.29 is 18.4 Å². The van der Waals surface area contributed by atoms with Crippen LogP contribution in [-0.4, -0.2) is 18.4 Å². The Kier molecular flexibility index (Phi) is 5.13. The number of carbonyl (C=O) groups is 2. The molecule has 0 radical (unpaired) electrons. The molecule has 1 aliphatic carbocycles. The summed E-state index contributed by atoms with van der Waals surface area (Å²) in [6.45, 7) is 1.91. The summed E-state index contributed by atoms with van der Waals surface area (Å²) in [4.78, 5) is 24.5. The Bertz CT molecular complexity index is 795. The van der Waals surface area contributed by atoms with Gasteiger partial charge >= 0.3 is 0 Å². The average Bonchev–Trinajstić information content (AvgIpc) is 3.34. The summed E-state index contributed by atoms with van der Waals surface area (Å²) in [7, 11) is 0. The molecular weight excluding hydrogens is 346 g/mol. The quantitative estimate of drug-likeness (QED) is 0.822. The molecule has 3 rings (SSSR count). The van der Waals surface area contributed by atoms with E-state index in [2.05, 4.69) is 10.6 Å². The van der Waals surface area contributed by atoms with E-state index in [0.29, 0.717) is 9.88 Å². The fraction of sp³-hybridized carbons (Fsp3) is 0.333. The Balaban J connectivity index is 1.57. The maximum Gasteiger partial charge on any atom is 0.261 e. The molecule has 1 aromatic heterocycles. The third-order valence-electron chi connectivity index (χ3n) is 4.04. The summed E-state index contributed by atoms with van der Waals surface area (Å²) in [5.74, 6) is -1.47. The van der Waals surface area contributed by atoms with Crippen molar-refractivity contribution in [2.24, 2.45) is 5.92 Å². The second-order valence-electron chi connectivity index (χ2n) is 6.09. The van der Waals surface area contributed by atoms with Gasteiger partial charge in [0.2, 0.25) is 5.91 Å². The fourth-order valence-electron chi connectivity index (χ4n) is 2.49. The number of carbonyl (C=O) groups excluding carboxylic acids is 2. The second-order valence-corrected chi connectivity index (χ2v) is 7.14. The molecule has 0 atom stereocenters. The van der Waals surface area contributed by atoms with Gasteiger partial charge < -0.3 is 10.6 Å². The molecule has 1 heterocycles. The molecule has 1 fully saturated rings. The number of hydrogen-bond acceptors (Lipinski definition) is 3. The highest BCUT2D eigenvalue weighted by Crippen LogP contribution is 2.32. The van der Waals surface area contributed by atoms with Crippen molar-refractivity contribution in [3.05, 3.63) is 51.9 Å². The zero-order chi connectivity index (χ0) is 18.0. The van der Waals surface area contributed by atoms with Crippen LogP contribution in [0.25, 0.3) is 0 Å². The first-order chi connectivity index (χ1) is 12.0. The Morgan fingerprint density at radius 3 is 2.56 bits per heavy atom. The van der Waals surface area contributed by atoms with Crippen LogP contribution in [0.15, 0.2) is 24.3 Å². The molecule has 2 amide bonds. The first kappa shape index (κ1) is 17.5. The minimum atomic E-state index is -0.619.